The zero-order valence-electron chi connectivity index (χ0n) is 14.6. The minimum absolute atomic E-state index is 0.362. The van der Waals surface area contributed by atoms with Gasteiger partial charge in [0.15, 0.2) is 0 Å². The van der Waals surface area contributed by atoms with Gasteiger partial charge in [0.05, 0.1) is 17.9 Å². The van der Waals surface area contributed by atoms with E-state index in [-0.39, 0.29) is 0 Å². The third-order valence-electron chi connectivity index (χ3n) is 3.82. The molecular weight excluding hydrogens is 388 g/mol. The van der Waals surface area contributed by atoms with Crippen LogP contribution in [-0.4, -0.2) is 47.5 Å². The van der Waals surface area contributed by atoms with Gasteiger partial charge in [-0.25, -0.2) is 4.68 Å². The maximum atomic E-state index is 12.3. The number of hydrogen-bond donors (Lipinski definition) is 1. The molecule has 0 atom stereocenters. The monoisotopic (exact) mass is 408 g/mol. The Hall–Kier alpha value is -1.28. The molecule has 0 saturated heterocycles. The van der Waals surface area contributed by atoms with Crippen molar-refractivity contribution < 1.29 is 13.2 Å². The van der Waals surface area contributed by atoms with Crippen LogP contribution in [0.5, 0.6) is 0 Å². The molecule has 0 bridgehead atoms. The summed E-state index contributed by atoms with van der Waals surface area (Å²) in [5.41, 5.74) is 2.41. The standard InChI is InChI=1S/C17H21Cl2F3N4/c1-12-15(10-23-7-4-8-25(2)11-17(20,21)22)16(19)26(24-12)14-6-3-5-13(18)9-14/h3,5-6,9,23H,4,7-8,10-11H2,1-2H3. The second-order valence-electron chi connectivity index (χ2n) is 6.13. The summed E-state index contributed by atoms with van der Waals surface area (Å²) >= 11 is 12.4. The molecule has 0 fully saturated rings. The molecule has 2 rings (SSSR count). The highest BCUT2D eigenvalue weighted by Crippen LogP contribution is 2.24. The van der Waals surface area contributed by atoms with Gasteiger partial charge in [0, 0.05) is 17.1 Å². The van der Waals surface area contributed by atoms with Crippen molar-refractivity contribution in [2.75, 3.05) is 26.7 Å². The van der Waals surface area contributed by atoms with Gasteiger partial charge in [-0.05, 0) is 51.7 Å². The van der Waals surface area contributed by atoms with Crippen LogP contribution in [0.15, 0.2) is 24.3 Å². The number of hydrogen-bond acceptors (Lipinski definition) is 3. The molecule has 0 unspecified atom stereocenters. The fraction of sp³-hybridized carbons (Fsp3) is 0.471. The molecule has 26 heavy (non-hydrogen) atoms. The Morgan fingerprint density at radius 2 is 2.00 bits per heavy atom. The molecular formula is C17H21Cl2F3N4. The molecule has 9 heteroatoms. The number of halogens is 5. The number of aromatic nitrogens is 2. The Balaban J connectivity index is 1.87. The number of nitrogens with one attached hydrogen (secondary N) is 1. The van der Waals surface area contributed by atoms with Crippen molar-refractivity contribution in [3.63, 3.8) is 0 Å². The quantitative estimate of drug-likeness (QED) is 0.654. The van der Waals surface area contributed by atoms with Gasteiger partial charge in [0.1, 0.15) is 5.15 Å². The molecule has 4 nitrogen and oxygen atoms in total. The minimum Gasteiger partial charge on any atom is -0.312 e. The second kappa shape index (κ2) is 9.08. The van der Waals surface area contributed by atoms with E-state index in [0.717, 1.165) is 16.9 Å². The first-order valence-corrected chi connectivity index (χ1v) is 8.89. The molecule has 0 radical (unpaired) electrons. The van der Waals surface area contributed by atoms with Gasteiger partial charge in [0.2, 0.25) is 0 Å². The van der Waals surface area contributed by atoms with E-state index in [9.17, 15) is 13.2 Å². The first-order valence-electron chi connectivity index (χ1n) is 8.13. The van der Waals surface area contributed by atoms with E-state index >= 15 is 0 Å². The second-order valence-corrected chi connectivity index (χ2v) is 6.92. The van der Waals surface area contributed by atoms with E-state index < -0.39 is 12.7 Å². The number of rotatable bonds is 8. The summed E-state index contributed by atoms with van der Waals surface area (Å²) in [5.74, 6) is 0. The number of alkyl halides is 3. The average Bonchev–Trinajstić information content (AvgIpc) is 2.80. The van der Waals surface area contributed by atoms with Crippen LogP contribution in [0.4, 0.5) is 13.2 Å². The van der Waals surface area contributed by atoms with Crippen LogP contribution in [0.2, 0.25) is 10.2 Å². The van der Waals surface area contributed by atoms with Crippen LogP contribution in [0.1, 0.15) is 17.7 Å². The lowest BCUT2D eigenvalue weighted by Gasteiger charge is -2.18. The van der Waals surface area contributed by atoms with Crippen molar-refractivity contribution >= 4 is 23.2 Å². The number of benzene rings is 1. The van der Waals surface area contributed by atoms with Crippen LogP contribution in [0, 0.1) is 6.92 Å². The molecule has 0 aliphatic rings. The maximum Gasteiger partial charge on any atom is 0.401 e. The fourth-order valence-corrected chi connectivity index (χ4v) is 3.11. The molecule has 0 spiro atoms. The van der Waals surface area contributed by atoms with E-state index in [1.165, 1.54) is 11.9 Å². The van der Waals surface area contributed by atoms with Crippen LogP contribution in [-0.2, 0) is 6.54 Å². The Morgan fingerprint density at radius 1 is 1.27 bits per heavy atom. The molecule has 1 aromatic heterocycles. The van der Waals surface area contributed by atoms with Crippen LogP contribution in [0.3, 0.4) is 0 Å². The van der Waals surface area contributed by atoms with Gasteiger partial charge in [-0.1, -0.05) is 29.3 Å². The van der Waals surface area contributed by atoms with E-state index in [1.807, 2.05) is 19.1 Å². The lowest BCUT2D eigenvalue weighted by Crippen LogP contribution is -2.32. The van der Waals surface area contributed by atoms with Gasteiger partial charge in [-0.3, -0.25) is 4.90 Å². The zero-order chi connectivity index (χ0) is 19.3. The fourth-order valence-electron chi connectivity index (χ4n) is 2.58. The van der Waals surface area contributed by atoms with Crippen LogP contribution >= 0.6 is 23.2 Å². The van der Waals surface area contributed by atoms with Crippen LogP contribution < -0.4 is 5.32 Å². The molecule has 0 saturated carbocycles. The maximum absolute atomic E-state index is 12.3. The highest BCUT2D eigenvalue weighted by Gasteiger charge is 2.28. The first kappa shape index (κ1) is 21.0. The Morgan fingerprint density at radius 3 is 2.65 bits per heavy atom. The Labute approximate surface area is 160 Å². The van der Waals surface area contributed by atoms with E-state index in [2.05, 4.69) is 10.4 Å². The summed E-state index contributed by atoms with van der Waals surface area (Å²) < 4.78 is 38.4. The highest BCUT2D eigenvalue weighted by molar-refractivity contribution is 6.31. The van der Waals surface area contributed by atoms with Crippen molar-refractivity contribution in [3.05, 3.63) is 45.7 Å². The summed E-state index contributed by atoms with van der Waals surface area (Å²) in [6, 6.07) is 7.22. The van der Waals surface area contributed by atoms with Gasteiger partial charge < -0.3 is 5.32 Å². The third kappa shape index (κ3) is 6.16. The van der Waals surface area contributed by atoms with Crippen molar-refractivity contribution in [1.29, 1.82) is 0 Å². The molecule has 2 aromatic rings. The molecule has 0 amide bonds. The van der Waals surface area contributed by atoms with E-state index in [4.69, 9.17) is 23.2 Å². The summed E-state index contributed by atoms with van der Waals surface area (Å²) in [5, 5.41) is 8.73. The highest BCUT2D eigenvalue weighted by atomic mass is 35.5. The SMILES string of the molecule is Cc1nn(-c2cccc(Cl)c2)c(Cl)c1CNCCCN(C)CC(F)(F)F. The summed E-state index contributed by atoms with van der Waals surface area (Å²) in [4.78, 5) is 1.26. The summed E-state index contributed by atoms with van der Waals surface area (Å²) in [6.45, 7) is 2.40. The lowest BCUT2D eigenvalue weighted by atomic mass is 10.2. The van der Waals surface area contributed by atoms with E-state index in [0.29, 0.717) is 36.2 Å². The van der Waals surface area contributed by atoms with E-state index in [1.54, 1.807) is 16.8 Å². The topological polar surface area (TPSA) is 33.1 Å². The molecule has 144 valence electrons. The number of nitrogens with zero attached hydrogens (tertiary/aromatic N) is 3. The summed E-state index contributed by atoms with van der Waals surface area (Å²) in [6.07, 6.45) is -3.56. The van der Waals surface area contributed by atoms with Crippen molar-refractivity contribution in [2.24, 2.45) is 0 Å². The molecule has 0 aliphatic heterocycles. The lowest BCUT2D eigenvalue weighted by molar-refractivity contribution is -0.143. The average molecular weight is 409 g/mol. The molecule has 1 aromatic carbocycles. The third-order valence-corrected chi connectivity index (χ3v) is 4.44. The van der Waals surface area contributed by atoms with Gasteiger partial charge in [-0.15, -0.1) is 0 Å². The predicted molar refractivity (Wildman–Crippen MR) is 98.2 cm³/mol. The zero-order valence-corrected chi connectivity index (χ0v) is 16.1. The molecule has 1 heterocycles. The normalized spacial score (nSPS) is 12.2. The molecule has 0 aliphatic carbocycles. The van der Waals surface area contributed by atoms with Gasteiger partial charge in [0.25, 0.3) is 0 Å². The predicted octanol–water partition coefficient (Wildman–Crippen LogP) is 4.46. The Kier molecular flexibility index (Phi) is 7.34. The minimum atomic E-state index is -4.16. The number of aryl methyl sites for hydroxylation is 1. The van der Waals surface area contributed by atoms with Crippen LogP contribution in [0.25, 0.3) is 5.69 Å². The van der Waals surface area contributed by atoms with Crippen molar-refractivity contribution in [1.82, 2.24) is 20.0 Å². The largest absolute Gasteiger partial charge is 0.401 e. The summed E-state index contributed by atoms with van der Waals surface area (Å²) in [7, 11) is 1.46. The van der Waals surface area contributed by atoms with Crippen molar-refractivity contribution in [2.45, 2.75) is 26.1 Å². The van der Waals surface area contributed by atoms with Gasteiger partial charge >= 0.3 is 6.18 Å². The first-order chi connectivity index (χ1) is 12.2. The molecule has 1 N–H and O–H groups in total. The Bertz CT molecular complexity index is 731. The smallest absolute Gasteiger partial charge is 0.312 e. The van der Waals surface area contributed by atoms with Crippen molar-refractivity contribution in [3.8, 4) is 5.69 Å². The van der Waals surface area contributed by atoms with Gasteiger partial charge in [-0.2, -0.15) is 18.3 Å².